The van der Waals surface area contributed by atoms with Crippen LogP contribution in [0.15, 0.2) is 0 Å². The van der Waals surface area contributed by atoms with Gasteiger partial charge in [0.25, 0.3) is 0 Å². The number of hydrogen-bond acceptors (Lipinski definition) is 3. The zero-order valence-corrected chi connectivity index (χ0v) is 7.53. The lowest BCUT2D eigenvalue weighted by Gasteiger charge is -2.12. The molecule has 3 unspecified atom stereocenters. The Bertz CT molecular complexity index is 297. The van der Waals surface area contributed by atoms with E-state index in [-0.39, 0.29) is 11.9 Å². The van der Waals surface area contributed by atoms with E-state index in [1.165, 1.54) is 6.92 Å². The summed E-state index contributed by atoms with van der Waals surface area (Å²) in [4.78, 5) is 22.1. The number of esters is 1. The summed E-state index contributed by atoms with van der Waals surface area (Å²) in [6.45, 7) is 1.90. The smallest absolute Gasteiger partial charge is 0.302 e. The van der Waals surface area contributed by atoms with E-state index in [4.69, 9.17) is 4.74 Å². The van der Waals surface area contributed by atoms with Crippen LogP contribution in [0.1, 0.15) is 13.3 Å². The third-order valence-corrected chi connectivity index (χ3v) is 3.94. The molecule has 0 saturated heterocycles. The van der Waals surface area contributed by atoms with E-state index in [0.717, 1.165) is 6.42 Å². The van der Waals surface area contributed by atoms with Gasteiger partial charge in [-0.1, -0.05) is 0 Å². The number of carbonyl (C=O) groups excluding carboxylic acids is 2. The van der Waals surface area contributed by atoms with E-state index in [9.17, 15) is 9.59 Å². The van der Waals surface area contributed by atoms with Gasteiger partial charge >= 0.3 is 5.97 Å². The number of ketones is 1. The fraction of sp³-hybridized carbons (Fsp3) is 0.800. The van der Waals surface area contributed by atoms with Crippen LogP contribution in [0.4, 0.5) is 0 Å². The van der Waals surface area contributed by atoms with Crippen LogP contribution >= 0.6 is 0 Å². The number of ether oxygens (including phenoxy) is 1. The minimum Gasteiger partial charge on any atom is -0.466 e. The van der Waals surface area contributed by atoms with Gasteiger partial charge in [0.05, 0.1) is 6.61 Å². The molecule has 70 valence electrons. The molecule has 4 rings (SSSR count). The summed E-state index contributed by atoms with van der Waals surface area (Å²) in [6.07, 6.45) is 1.07. The molecule has 4 fully saturated rings. The molecule has 5 atom stereocenters. The van der Waals surface area contributed by atoms with Gasteiger partial charge in [-0.15, -0.1) is 0 Å². The first-order valence-corrected chi connectivity index (χ1v) is 4.87. The molecule has 0 heterocycles. The van der Waals surface area contributed by atoms with Crippen molar-refractivity contribution >= 4 is 11.8 Å². The zero-order valence-electron chi connectivity index (χ0n) is 7.53. The highest BCUT2D eigenvalue weighted by Gasteiger charge is 2.73. The van der Waals surface area contributed by atoms with Crippen LogP contribution in [0.5, 0.6) is 0 Å². The summed E-state index contributed by atoms with van der Waals surface area (Å²) in [5.74, 6) is 2.44. The summed E-state index contributed by atoms with van der Waals surface area (Å²) in [5, 5.41) is 0. The van der Waals surface area contributed by atoms with Crippen molar-refractivity contribution in [1.82, 2.24) is 0 Å². The monoisotopic (exact) mass is 180 g/mol. The van der Waals surface area contributed by atoms with E-state index in [0.29, 0.717) is 36.1 Å². The average Bonchev–Trinajstić information content (AvgIpc) is 2.36. The Labute approximate surface area is 76.4 Å². The van der Waals surface area contributed by atoms with Crippen LogP contribution in [-0.4, -0.2) is 18.4 Å². The van der Waals surface area contributed by atoms with Crippen LogP contribution in [0, 0.1) is 29.6 Å². The van der Waals surface area contributed by atoms with Gasteiger partial charge in [-0.2, -0.15) is 0 Å². The van der Waals surface area contributed by atoms with E-state index < -0.39 is 0 Å². The first-order valence-electron chi connectivity index (χ1n) is 4.87. The zero-order chi connectivity index (χ0) is 9.16. The Kier molecular flexibility index (Phi) is 1.24. The normalized spacial score (nSPS) is 49.6. The number of hydrogen-bond donors (Lipinski definition) is 0. The molecule has 4 bridgehead atoms. The van der Waals surface area contributed by atoms with Crippen molar-refractivity contribution in [3.8, 4) is 0 Å². The Morgan fingerprint density at radius 1 is 1.62 bits per heavy atom. The summed E-state index contributed by atoms with van der Waals surface area (Å²) in [5.41, 5.74) is 0. The van der Waals surface area contributed by atoms with Gasteiger partial charge in [-0.05, 0) is 18.3 Å². The molecule has 4 aliphatic carbocycles. The predicted octanol–water partition coefficient (Wildman–Crippen LogP) is 0.631. The van der Waals surface area contributed by atoms with Gasteiger partial charge in [-0.25, -0.2) is 0 Å². The second-order valence-electron chi connectivity index (χ2n) is 4.48. The first-order chi connectivity index (χ1) is 6.20. The lowest BCUT2D eigenvalue weighted by atomic mass is 9.99. The summed E-state index contributed by atoms with van der Waals surface area (Å²) in [7, 11) is 0. The molecule has 3 heteroatoms. The topological polar surface area (TPSA) is 43.4 Å². The third kappa shape index (κ3) is 0.798. The molecule has 0 radical (unpaired) electrons. The van der Waals surface area contributed by atoms with Gasteiger partial charge in [0.1, 0.15) is 5.78 Å². The van der Waals surface area contributed by atoms with E-state index in [1.807, 2.05) is 0 Å². The maximum atomic E-state index is 11.5. The number of carbonyl (C=O) groups is 2. The van der Waals surface area contributed by atoms with Crippen LogP contribution in [-0.2, 0) is 14.3 Å². The molecule has 0 N–H and O–H groups in total. The molecular formula is C10H12O3. The first kappa shape index (κ1) is 7.54. The van der Waals surface area contributed by atoms with Crippen molar-refractivity contribution in [1.29, 1.82) is 0 Å². The second kappa shape index (κ2) is 2.14. The molecule has 0 aromatic carbocycles. The molecule has 0 aromatic rings. The Hall–Kier alpha value is -0.860. The maximum absolute atomic E-state index is 11.5. The van der Waals surface area contributed by atoms with Crippen LogP contribution < -0.4 is 0 Å². The van der Waals surface area contributed by atoms with E-state index in [1.54, 1.807) is 0 Å². The van der Waals surface area contributed by atoms with Gasteiger partial charge in [-0.3, -0.25) is 9.59 Å². The van der Waals surface area contributed by atoms with Gasteiger partial charge in [0.2, 0.25) is 0 Å². The average molecular weight is 180 g/mol. The molecule has 0 spiro atoms. The second-order valence-corrected chi connectivity index (χ2v) is 4.48. The fourth-order valence-corrected chi connectivity index (χ4v) is 3.44. The molecule has 0 aromatic heterocycles. The number of Topliss-reactive ketones (excluding diaryl/α,β-unsaturated/α-hetero) is 1. The lowest BCUT2D eigenvalue weighted by Crippen LogP contribution is -2.18. The maximum Gasteiger partial charge on any atom is 0.302 e. The molecule has 13 heavy (non-hydrogen) atoms. The predicted molar refractivity (Wildman–Crippen MR) is 43.7 cm³/mol. The van der Waals surface area contributed by atoms with Crippen molar-refractivity contribution in [2.24, 2.45) is 29.6 Å². The lowest BCUT2D eigenvalue weighted by molar-refractivity contribution is -0.143. The van der Waals surface area contributed by atoms with E-state index in [2.05, 4.69) is 0 Å². The van der Waals surface area contributed by atoms with Crippen LogP contribution in [0.2, 0.25) is 0 Å². The molecule has 4 saturated carbocycles. The molecular weight excluding hydrogens is 168 g/mol. The van der Waals surface area contributed by atoms with E-state index >= 15 is 0 Å². The van der Waals surface area contributed by atoms with Gasteiger partial charge < -0.3 is 4.74 Å². The molecule has 0 aliphatic heterocycles. The van der Waals surface area contributed by atoms with Gasteiger partial charge in [0.15, 0.2) is 0 Å². The van der Waals surface area contributed by atoms with Crippen molar-refractivity contribution in [3.05, 3.63) is 0 Å². The highest BCUT2D eigenvalue weighted by molar-refractivity contribution is 5.93. The van der Waals surface area contributed by atoms with Crippen molar-refractivity contribution in [2.45, 2.75) is 13.3 Å². The minimum atomic E-state index is -0.228. The Morgan fingerprint density at radius 3 is 2.77 bits per heavy atom. The Balaban J connectivity index is 1.69. The minimum absolute atomic E-state index is 0.228. The SMILES string of the molecule is CC(=O)OCC1C2C3C[C@H]1C(=O)[C@@H]32. The standard InChI is InChI=1S/C10H12O3/c1-4(11)13-3-7-5-2-6-8(7)9(6)10(5)12/h5-9H,2-3H2,1H3/t5-,6?,7?,8?,9+/m1/s1. The summed E-state index contributed by atoms with van der Waals surface area (Å²) in [6, 6.07) is 0. The molecule has 3 nitrogen and oxygen atoms in total. The molecule has 0 amide bonds. The van der Waals surface area contributed by atoms with Crippen molar-refractivity contribution < 1.29 is 14.3 Å². The number of rotatable bonds is 2. The highest BCUT2D eigenvalue weighted by atomic mass is 16.5. The summed E-state index contributed by atoms with van der Waals surface area (Å²) >= 11 is 0. The molecule has 4 aliphatic rings. The highest BCUT2D eigenvalue weighted by Crippen LogP contribution is 2.71. The largest absolute Gasteiger partial charge is 0.466 e. The van der Waals surface area contributed by atoms with Crippen molar-refractivity contribution in [2.75, 3.05) is 6.61 Å². The van der Waals surface area contributed by atoms with Crippen LogP contribution in [0.3, 0.4) is 0 Å². The summed E-state index contributed by atoms with van der Waals surface area (Å²) < 4.78 is 4.98. The van der Waals surface area contributed by atoms with Crippen molar-refractivity contribution in [3.63, 3.8) is 0 Å². The van der Waals surface area contributed by atoms with Crippen LogP contribution in [0.25, 0.3) is 0 Å². The fourth-order valence-electron chi connectivity index (χ4n) is 3.44. The Morgan fingerprint density at radius 2 is 2.38 bits per heavy atom. The van der Waals surface area contributed by atoms with Gasteiger partial charge in [0, 0.05) is 24.7 Å². The quantitative estimate of drug-likeness (QED) is 0.585. The third-order valence-electron chi connectivity index (χ3n) is 3.94.